The number of hydrazine groups is 1. The van der Waals surface area contributed by atoms with Crippen LogP contribution in [0, 0.1) is 12.8 Å². The summed E-state index contributed by atoms with van der Waals surface area (Å²) in [4.78, 5) is 16.9. The van der Waals surface area contributed by atoms with Crippen molar-refractivity contribution < 1.29 is 4.79 Å². The van der Waals surface area contributed by atoms with Gasteiger partial charge in [-0.15, -0.1) is 0 Å². The van der Waals surface area contributed by atoms with E-state index in [1.807, 2.05) is 31.2 Å². The maximum absolute atomic E-state index is 12.6. The fourth-order valence-corrected chi connectivity index (χ4v) is 3.88. The number of aromatic amines is 1. The molecule has 7 nitrogen and oxygen atoms in total. The topological polar surface area (TPSA) is 94.7 Å². The third kappa shape index (κ3) is 3.57. The van der Waals surface area contributed by atoms with Gasteiger partial charge in [0.05, 0.1) is 0 Å². The van der Waals surface area contributed by atoms with Gasteiger partial charge in [0.1, 0.15) is 11.9 Å². The van der Waals surface area contributed by atoms with Crippen molar-refractivity contribution in [2.45, 2.75) is 51.1 Å². The summed E-state index contributed by atoms with van der Waals surface area (Å²) in [6.45, 7) is 1.89. The van der Waals surface area contributed by atoms with E-state index in [1.165, 1.54) is 12.8 Å². The Kier molecular flexibility index (Phi) is 4.50. The summed E-state index contributed by atoms with van der Waals surface area (Å²) in [5.41, 5.74) is 8.41. The van der Waals surface area contributed by atoms with Crippen molar-refractivity contribution in [3.63, 3.8) is 0 Å². The summed E-state index contributed by atoms with van der Waals surface area (Å²) in [5, 5.41) is 10.0. The van der Waals surface area contributed by atoms with E-state index in [0.29, 0.717) is 18.4 Å². The summed E-state index contributed by atoms with van der Waals surface area (Å²) in [7, 11) is 0. The van der Waals surface area contributed by atoms with Crippen LogP contribution in [0.15, 0.2) is 24.3 Å². The number of nitrogens with zero attached hydrogens (tertiary/aromatic N) is 2. The molecule has 1 aromatic carbocycles. The molecule has 0 bridgehead atoms. The minimum atomic E-state index is -0.152. The van der Waals surface area contributed by atoms with Gasteiger partial charge in [0, 0.05) is 24.1 Å². The Morgan fingerprint density at radius 2 is 2.00 bits per heavy atom. The molecule has 25 heavy (non-hydrogen) atoms. The highest BCUT2D eigenvalue weighted by Gasteiger charge is 2.40. The van der Waals surface area contributed by atoms with Crippen LogP contribution in [0.4, 0.5) is 5.69 Å². The van der Waals surface area contributed by atoms with Gasteiger partial charge in [-0.05, 0) is 37.5 Å². The first-order valence-electron chi connectivity index (χ1n) is 8.98. The molecule has 1 saturated carbocycles. The van der Waals surface area contributed by atoms with Crippen LogP contribution in [0.5, 0.6) is 0 Å². The average molecular weight is 340 g/mol. The van der Waals surface area contributed by atoms with Crippen LogP contribution in [-0.4, -0.2) is 33.2 Å². The lowest BCUT2D eigenvalue weighted by atomic mass is 9.81. The van der Waals surface area contributed by atoms with E-state index in [2.05, 4.69) is 31.3 Å². The molecule has 4 N–H and O–H groups in total. The van der Waals surface area contributed by atoms with Gasteiger partial charge in [-0.2, -0.15) is 5.10 Å². The Labute approximate surface area is 147 Å². The Morgan fingerprint density at radius 1 is 1.20 bits per heavy atom. The second-order valence-electron chi connectivity index (χ2n) is 7.02. The van der Waals surface area contributed by atoms with Gasteiger partial charge in [0.2, 0.25) is 5.91 Å². The molecule has 3 atom stereocenters. The van der Waals surface area contributed by atoms with Gasteiger partial charge in [-0.3, -0.25) is 15.3 Å². The number of aromatic nitrogens is 3. The predicted molar refractivity (Wildman–Crippen MR) is 94.8 cm³/mol. The van der Waals surface area contributed by atoms with E-state index in [9.17, 15) is 4.79 Å². The number of aryl methyl sites for hydroxylation is 1. The van der Waals surface area contributed by atoms with Crippen molar-refractivity contribution >= 4 is 11.6 Å². The first-order chi connectivity index (χ1) is 12.2. The first-order valence-corrected chi connectivity index (χ1v) is 8.98. The second-order valence-corrected chi connectivity index (χ2v) is 7.02. The van der Waals surface area contributed by atoms with Gasteiger partial charge in [-0.1, -0.05) is 25.0 Å². The van der Waals surface area contributed by atoms with Gasteiger partial charge in [0.25, 0.3) is 0 Å². The number of hydrogen-bond acceptors (Lipinski definition) is 5. The molecule has 2 fully saturated rings. The lowest BCUT2D eigenvalue weighted by molar-refractivity contribution is -0.118. The number of fused-ring (bicyclic) bond motifs is 1. The van der Waals surface area contributed by atoms with Crippen LogP contribution in [0.3, 0.4) is 0 Å². The fourth-order valence-electron chi connectivity index (χ4n) is 3.88. The third-order valence-electron chi connectivity index (χ3n) is 5.18. The first kappa shape index (κ1) is 16.2. The molecule has 2 aromatic rings. The van der Waals surface area contributed by atoms with Gasteiger partial charge >= 0.3 is 0 Å². The molecule has 1 aliphatic heterocycles. The largest absolute Gasteiger partial charge is 0.325 e. The van der Waals surface area contributed by atoms with E-state index < -0.39 is 0 Å². The van der Waals surface area contributed by atoms with E-state index in [1.54, 1.807) is 0 Å². The van der Waals surface area contributed by atoms with Gasteiger partial charge < -0.3 is 5.32 Å². The lowest BCUT2D eigenvalue weighted by Gasteiger charge is -2.26. The number of carbonyl (C=O) groups is 1. The van der Waals surface area contributed by atoms with Crippen molar-refractivity contribution in [1.29, 1.82) is 0 Å². The number of nitrogens with one attached hydrogen (secondary N) is 4. The predicted octanol–water partition coefficient (Wildman–Crippen LogP) is 1.68. The lowest BCUT2D eigenvalue weighted by Crippen LogP contribution is -2.42. The summed E-state index contributed by atoms with van der Waals surface area (Å²) in [6, 6.07) is 8.16. The SMILES string of the molecule is Cc1nc(Cc2ccc(NC(=O)C3NNC4CCCCC43)cc2)n[nH]1. The number of benzene rings is 1. The zero-order chi connectivity index (χ0) is 17.2. The van der Waals surface area contributed by atoms with E-state index >= 15 is 0 Å². The average Bonchev–Trinajstić information content (AvgIpc) is 3.23. The number of rotatable bonds is 4. The van der Waals surface area contributed by atoms with Crippen LogP contribution >= 0.6 is 0 Å². The van der Waals surface area contributed by atoms with Crippen LogP contribution in [-0.2, 0) is 11.2 Å². The van der Waals surface area contributed by atoms with Crippen molar-refractivity contribution in [2.24, 2.45) is 5.92 Å². The molecule has 2 aliphatic rings. The van der Waals surface area contributed by atoms with Crippen molar-refractivity contribution in [2.75, 3.05) is 5.32 Å². The molecule has 4 rings (SSSR count). The fraction of sp³-hybridized carbons (Fsp3) is 0.500. The van der Waals surface area contributed by atoms with Crippen LogP contribution < -0.4 is 16.2 Å². The van der Waals surface area contributed by atoms with E-state index in [0.717, 1.165) is 35.7 Å². The van der Waals surface area contributed by atoms with Gasteiger partial charge in [-0.25, -0.2) is 10.4 Å². The maximum Gasteiger partial charge on any atom is 0.243 e. The smallest absolute Gasteiger partial charge is 0.243 e. The highest BCUT2D eigenvalue weighted by molar-refractivity contribution is 5.95. The molecule has 132 valence electrons. The minimum absolute atomic E-state index is 0.0410. The Bertz CT molecular complexity index is 740. The molecule has 0 radical (unpaired) electrons. The summed E-state index contributed by atoms with van der Waals surface area (Å²) in [5.74, 6) is 2.03. The van der Waals surface area contributed by atoms with Gasteiger partial charge in [0.15, 0.2) is 5.82 Å². The summed E-state index contributed by atoms with van der Waals surface area (Å²) >= 11 is 0. The standard InChI is InChI=1S/C18H24N6O/c1-11-19-16(23-21-11)10-12-6-8-13(9-7-12)20-18(25)17-14-4-2-3-5-15(14)22-24-17/h6-9,14-15,17,22,24H,2-5,10H2,1H3,(H,20,25)(H,19,21,23). The Balaban J connectivity index is 1.37. The van der Waals surface area contributed by atoms with Crippen LogP contribution in [0.2, 0.25) is 0 Å². The number of amides is 1. The quantitative estimate of drug-likeness (QED) is 0.679. The molecule has 1 aromatic heterocycles. The van der Waals surface area contributed by atoms with Crippen molar-refractivity contribution in [3.05, 3.63) is 41.5 Å². The molecular formula is C18H24N6O. The van der Waals surface area contributed by atoms with Crippen LogP contribution in [0.1, 0.15) is 42.9 Å². The van der Waals surface area contributed by atoms with Crippen molar-refractivity contribution in [1.82, 2.24) is 26.0 Å². The second kappa shape index (κ2) is 6.93. The zero-order valence-corrected chi connectivity index (χ0v) is 14.4. The summed E-state index contributed by atoms with van der Waals surface area (Å²) in [6.07, 6.45) is 5.39. The van der Waals surface area contributed by atoms with Crippen LogP contribution in [0.25, 0.3) is 0 Å². The number of hydrogen-bond donors (Lipinski definition) is 4. The molecule has 7 heteroatoms. The molecule has 3 unspecified atom stereocenters. The number of carbonyl (C=O) groups excluding carboxylic acids is 1. The Morgan fingerprint density at radius 3 is 2.76 bits per heavy atom. The van der Waals surface area contributed by atoms with E-state index in [-0.39, 0.29) is 11.9 Å². The number of anilines is 1. The molecule has 2 heterocycles. The third-order valence-corrected chi connectivity index (χ3v) is 5.18. The Hall–Kier alpha value is -2.25. The zero-order valence-electron chi connectivity index (χ0n) is 14.4. The summed E-state index contributed by atoms with van der Waals surface area (Å²) < 4.78 is 0. The highest BCUT2D eigenvalue weighted by atomic mass is 16.2. The monoisotopic (exact) mass is 340 g/mol. The van der Waals surface area contributed by atoms with Crippen molar-refractivity contribution in [3.8, 4) is 0 Å². The maximum atomic E-state index is 12.6. The molecule has 1 saturated heterocycles. The molecule has 0 spiro atoms. The molecule has 1 amide bonds. The number of H-pyrrole nitrogens is 1. The molecule has 1 aliphatic carbocycles. The van der Waals surface area contributed by atoms with E-state index in [4.69, 9.17) is 0 Å². The normalized spacial score (nSPS) is 25.6. The highest BCUT2D eigenvalue weighted by Crippen LogP contribution is 2.30. The molecular weight excluding hydrogens is 316 g/mol. The minimum Gasteiger partial charge on any atom is -0.325 e.